The van der Waals surface area contributed by atoms with E-state index in [4.69, 9.17) is 9.47 Å². The number of benzene rings is 2. The molecule has 3 aromatic rings. The van der Waals surface area contributed by atoms with Crippen molar-refractivity contribution in [2.45, 2.75) is 25.9 Å². The molecule has 0 bridgehead atoms. The van der Waals surface area contributed by atoms with Crippen molar-refractivity contribution in [3.63, 3.8) is 0 Å². The van der Waals surface area contributed by atoms with Crippen molar-refractivity contribution in [1.29, 1.82) is 0 Å². The predicted molar refractivity (Wildman–Crippen MR) is 102 cm³/mol. The van der Waals surface area contributed by atoms with Gasteiger partial charge in [-0.1, -0.05) is 18.2 Å². The fourth-order valence-electron chi connectivity index (χ4n) is 3.48. The lowest BCUT2D eigenvalue weighted by atomic mass is 9.85. The molecular weight excluding hydrogens is 361 g/mol. The third-order valence-corrected chi connectivity index (χ3v) is 4.89. The quantitative estimate of drug-likeness (QED) is 0.702. The molecule has 0 saturated heterocycles. The average Bonchev–Trinajstić information content (AvgIpc) is 3.07. The molecule has 1 amide bonds. The van der Waals surface area contributed by atoms with Gasteiger partial charge in [0.25, 0.3) is 0 Å². The van der Waals surface area contributed by atoms with Crippen LogP contribution >= 0.6 is 0 Å². The minimum atomic E-state index is -0.281. The van der Waals surface area contributed by atoms with Gasteiger partial charge in [-0.05, 0) is 42.3 Å². The average molecular weight is 381 g/mol. The number of nitrogens with zero attached hydrogens (tertiary/aromatic N) is 1. The molecular formula is C21H20FN3O3. The minimum absolute atomic E-state index is 0.0698. The lowest BCUT2D eigenvalue weighted by molar-refractivity contribution is -0.116. The van der Waals surface area contributed by atoms with Gasteiger partial charge in [0.15, 0.2) is 17.3 Å². The molecule has 0 unspecified atom stereocenters. The number of aryl methyl sites for hydroxylation is 1. The van der Waals surface area contributed by atoms with E-state index < -0.39 is 0 Å². The van der Waals surface area contributed by atoms with E-state index in [0.717, 1.165) is 22.4 Å². The van der Waals surface area contributed by atoms with Crippen molar-refractivity contribution in [3.05, 3.63) is 70.7 Å². The summed E-state index contributed by atoms with van der Waals surface area (Å²) in [6, 6.07) is 11.8. The van der Waals surface area contributed by atoms with Gasteiger partial charge in [0.2, 0.25) is 5.91 Å². The van der Waals surface area contributed by atoms with E-state index in [0.29, 0.717) is 30.3 Å². The van der Waals surface area contributed by atoms with Gasteiger partial charge in [0.05, 0.1) is 7.11 Å². The van der Waals surface area contributed by atoms with Crippen molar-refractivity contribution in [3.8, 4) is 11.5 Å². The Labute approximate surface area is 161 Å². The van der Waals surface area contributed by atoms with E-state index in [9.17, 15) is 9.18 Å². The van der Waals surface area contributed by atoms with Crippen molar-refractivity contribution in [2.75, 3.05) is 12.4 Å². The van der Waals surface area contributed by atoms with Crippen LogP contribution in [-0.2, 0) is 11.4 Å². The van der Waals surface area contributed by atoms with E-state index >= 15 is 0 Å². The van der Waals surface area contributed by atoms with Gasteiger partial charge in [-0.2, -0.15) is 5.10 Å². The monoisotopic (exact) mass is 381 g/mol. The van der Waals surface area contributed by atoms with Crippen LogP contribution in [0.3, 0.4) is 0 Å². The number of methoxy groups -OCH3 is 1. The number of halogens is 1. The Balaban J connectivity index is 1.59. The SMILES string of the molecule is COc1cc([C@@H]2CC(=O)Nc3n[nH]c(C)c32)ccc1OCc1ccc(F)cc1. The van der Waals surface area contributed by atoms with Crippen molar-refractivity contribution >= 4 is 11.7 Å². The summed E-state index contributed by atoms with van der Waals surface area (Å²) in [5.74, 6) is 1.28. The molecule has 2 heterocycles. The second-order valence-electron chi connectivity index (χ2n) is 6.74. The maximum absolute atomic E-state index is 13.0. The molecule has 0 fully saturated rings. The fourth-order valence-corrected chi connectivity index (χ4v) is 3.48. The molecule has 0 radical (unpaired) electrons. The summed E-state index contributed by atoms with van der Waals surface area (Å²) >= 11 is 0. The standard InChI is InChI=1S/C21H20FN3O3/c1-12-20-16(10-19(26)23-21(20)25-24-12)14-5-8-17(18(9-14)27-2)28-11-13-3-6-15(22)7-4-13/h3-9,16H,10-11H2,1-2H3,(H2,23,24,25,26)/t16-/m0/s1. The van der Waals surface area contributed by atoms with Crippen LogP contribution in [0.5, 0.6) is 11.5 Å². The third kappa shape index (κ3) is 3.43. The van der Waals surface area contributed by atoms with Crippen LogP contribution in [0.25, 0.3) is 0 Å². The second kappa shape index (κ2) is 7.34. The number of aromatic nitrogens is 2. The Morgan fingerprint density at radius 1 is 1.18 bits per heavy atom. The highest BCUT2D eigenvalue weighted by atomic mass is 19.1. The Bertz CT molecular complexity index is 1010. The first-order chi connectivity index (χ1) is 13.5. The van der Waals surface area contributed by atoms with Crippen LogP contribution in [0.2, 0.25) is 0 Å². The molecule has 1 aliphatic heterocycles. The second-order valence-corrected chi connectivity index (χ2v) is 6.74. The number of carbonyl (C=O) groups excluding carboxylic acids is 1. The molecule has 28 heavy (non-hydrogen) atoms. The summed E-state index contributed by atoms with van der Waals surface area (Å²) in [5.41, 5.74) is 3.72. The van der Waals surface area contributed by atoms with E-state index in [2.05, 4.69) is 15.5 Å². The van der Waals surface area contributed by atoms with Crippen LogP contribution in [-0.4, -0.2) is 23.2 Å². The topological polar surface area (TPSA) is 76.2 Å². The summed E-state index contributed by atoms with van der Waals surface area (Å²) in [4.78, 5) is 12.1. The maximum atomic E-state index is 13.0. The van der Waals surface area contributed by atoms with Gasteiger partial charge < -0.3 is 14.8 Å². The van der Waals surface area contributed by atoms with Gasteiger partial charge in [0, 0.05) is 23.6 Å². The van der Waals surface area contributed by atoms with E-state index in [-0.39, 0.29) is 17.6 Å². The van der Waals surface area contributed by atoms with Gasteiger partial charge in [0.1, 0.15) is 12.4 Å². The Morgan fingerprint density at radius 3 is 2.71 bits per heavy atom. The number of carbonyl (C=O) groups is 1. The number of ether oxygens (including phenoxy) is 2. The van der Waals surface area contributed by atoms with Crippen molar-refractivity contribution in [2.24, 2.45) is 0 Å². The number of fused-ring (bicyclic) bond motifs is 1. The van der Waals surface area contributed by atoms with Crippen LogP contribution in [0, 0.1) is 12.7 Å². The van der Waals surface area contributed by atoms with E-state index in [1.54, 1.807) is 19.2 Å². The molecule has 0 spiro atoms. The number of nitrogens with one attached hydrogen (secondary N) is 2. The third-order valence-electron chi connectivity index (χ3n) is 4.89. The highest BCUT2D eigenvalue weighted by Gasteiger charge is 2.30. The number of aromatic amines is 1. The zero-order valence-corrected chi connectivity index (χ0v) is 15.6. The van der Waals surface area contributed by atoms with Crippen LogP contribution in [0.4, 0.5) is 10.2 Å². The Hall–Kier alpha value is -3.35. The summed E-state index contributed by atoms with van der Waals surface area (Å²) < 4.78 is 24.4. The molecule has 1 atom stereocenters. The fraction of sp³-hybridized carbons (Fsp3) is 0.238. The first kappa shape index (κ1) is 18.0. The van der Waals surface area contributed by atoms with Crippen molar-refractivity contribution in [1.82, 2.24) is 10.2 Å². The maximum Gasteiger partial charge on any atom is 0.226 e. The number of hydrogen-bond acceptors (Lipinski definition) is 4. The molecule has 0 aliphatic carbocycles. The molecule has 144 valence electrons. The van der Waals surface area contributed by atoms with Crippen LogP contribution in [0.1, 0.15) is 34.7 Å². The molecule has 6 nitrogen and oxygen atoms in total. The highest BCUT2D eigenvalue weighted by molar-refractivity contribution is 5.94. The first-order valence-corrected chi connectivity index (χ1v) is 8.95. The minimum Gasteiger partial charge on any atom is -0.493 e. The molecule has 7 heteroatoms. The van der Waals surface area contributed by atoms with Crippen LogP contribution < -0.4 is 14.8 Å². The smallest absolute Gasteiger partial charge is 0.226 e. The highest BCUT2D eigenvalue weighted by Crippen LogP contribution is 2.40. The first-order valence-electron chi connectivity index (χ1n) is 8.95. The Kier molecular flexibility index (Phi) is 4.73. The van der Waals surface area contributed by atoms with Crippen molar-refractivity contribution < 1.29 is 18.7 Å². The summed E-state index contributed by atoms with van der Waals surface area (Å²) in [6.07, 6.45) is 0.340. The number of H-pyrrole nitrogens is 1. The van der Waals surface area contributed by atoms with Crippen LogP contribution in [0.15, 0.2) is 42.5 Å². The predicted octanol–water partition coefficient (Wildman–Crippen LogP) is 3.92. The lowest BCUT2D eigenvalue weighted by Crippen LogP contribution is -2.23. The summed E-state index contributed by atoms with van der Waals surface area (Å²) in [6.45, 7) is 2.24. The summed E-state index contributed by atoms with van der Waals surface area (Å²) in [7, 11) is 1.58. The summed E-state index contributed by atoms with van der Waals surface area (Å²) in [5, 5.41) is 9.91. The van der Waals surface area contributed by atoms with Gasteiger partial charge in [-0.25, -0.2) is 4.39 Å². The lowest BCUT2D eigenvalue weighted by Gasteiger charge is -2.23. The molecule has 2 N–H and O–H groups in total. The number of rotatable bonds is 5. The Morgan fingerprint density at radius 2 is 1.96 bits per heavy atom. The number of hydrogen-bond donors (Lipinski definition) is 2. The number of amides is 1. The van der Waals surface area contributed by atoms with Gasteiger partial charge in [-0.15, -0.1) is 0 Å². The molecule has 1 aromatic heterocycles. The zero-order chi connectivity index (χ0) is 19.7. The molecule has 1 aliphatic rings. The number of anilines is 1. The molecule has 4 rings (SSSR count). The normalized spacial score (nSPS) is 15.7. The largest absolute Gasteiger partial charge is 0.493 e. The molecule has 0 saturated carbocycles. The zero-order valence-electron chi connectivity index (χ0n) is 15.6. The van der Waals surface area contributed by atoms with Gasteiger partial charge in [-0.3, -0.25) is 9.89 Å². The molecule has 2 aromatic carbocycles. The van der Waals surface area contributed by atoms with Gasteiger partial charge >= 0.3 is 0 Å². The van der Waals surface area contributed by atoms with E-state index in [1.165, 1.54) is 12.1 Å². The van der Waals surface area contributed by atoms with E-state index in [1.807, 2.05) is 25.1 Å².